The third-order valence-corrected chi connectivity index (χ3v) is 1.48. The first kappa shape index (κ1) is 6.39. The van der Waals surface area contributed by atoms with E-state index in [4.69, 9.17) is 0 Å². The first-order valence-electron chi connectivity index (χ1n) is 3.30. The Labute approximate surface area is 55.6 Å². The molecule has 1 aliphatic heterocycles. The van der Waals surface area contributed by atoms with Crippen LogP contribution in [-0.4, -0.2) is 25.6 Å². The molecular weight excluding hydrogens is 114 g/mol. The zero-order chi connectivity index (χ0) is 6.69. The summed E-state index contributed by atoms with van der Waals surface area (Å²) < 4.78 is 0. The zero-order valence-electron chi connectivity index (χ0n) is 5.94. The van der Waals surface area contributed by atoms with E-state index in [1.165, 1.54) is 6.42 Å². The number of guanidine groups is 1. The lowest BCUT2D eigenvalue weighted by Gasteiger charge is -2.23. The molecular formula is C6H13N3. The van der Waals surface area contributed by atoms with Crippen LogP contribution in [0.15, 0.2) is 4.99 Å². The predicted octanol–water partition coefficient (Wildman–Crippen LogP) is -0.0564. The second kappa shape index (κ2) is 2.71. The van der Waals surface area contributed by atoms with E-state index in [2.05, 4.69) is 22.5 Å². The van der Waals surface area contributed by atoms with E-state index in [0.717, 1.165) is 12.5 Å². The molecule has 0 aromatic rings. The third kappa shape index (κ3) is 1.59. The van der Waals surface area contributed by atoms with E-state index < -0.39 is 0 Å². The summed E-state index contributed by atoms with van der Waals surface area (Å²) in [5.41, 5.74) is 0. The van der Waals surface area contributed by atoms with Crippen LogP contribution in [0.2, 0.25) is 0 Å². The Kier molecular flexibility index (Phi) is 1.92. The fourth-order valence-corrected chi connectivity index (χ4v) is 0.907. The Morgan fingerprint density at radius 3 is 2.89 bits per heavy atom. The van der Waals surface area contributed by atoms with Crippen LogP contribution < -0.4 is 10.6 Å². The van der Waals surface area contributed by atoms with E-state index >= 15 is 0 Å². The predicted molar refractivity (Wildman–Crippen MR) is 38.6 cm³/mol. The highest BCUT2D eigenvalue weighted by Gasteiger charge is 2.09. The van der Waals surface area contributed by atoms with Crippen LogP contribution in [0.3, 0.4) is 0 Å². The fraction of sp³-hybridized carbons (Fsp3) is 0.833. The maximum atomic E-state index is 3.99. The minimum atomic E-state index is 0.574. The average Bonchev–Trinajstić information content (AvgIpc) is 1.88. The van der Waals surface area contributed by atoms with E-state index in [-0.39, 0.29) is 0 Å². The Morgan fingerprint density at radius 1 is 1.67 bits per heavy atom. The molecule has 2 N–H and O–H groups in total. The van der Waals surface area contributed by atoms with Crippen molar-refractivity contribution in [1.82, 2.24) is 10.6 Å². The Balaban J connectivity index is 2.41. The van der Waals surface area contributed by atoms with Crippen molar-refractivity contribution < 1.29 is 0 Å². The quantitative estimate of drug-likeness (QED) is 0.478. The Hall–Kier alpha value is -0.730. The van der Waals surface area contributed by atoms with Gasteiger partial charge in [-0.25, -0.2) is 0 Å². The molecule has 9 heavy (non-hydrogen) atoms. The molecule has 1 heterocycles. The number of nitrogens with one attached hydrogen (secondary N) is 2. The lowest BCUT2D eigenvalue weighted by Crippen LogP contribution is -2.48. The molecule has 1 aliphatic rings. The van der Waals surface area contributed by atoms with E-state index in [1.54, 1.807) is 7.05 Å². The molecule has 0 amide bonds. The fourth-order valence-electron chi connectivity index (χ4n) is 0.907. The molecule has 0 aromatic heterocycles. The van der Waals surface area contributed by atoms with Gasteiger partial charge in [-0.3, -0.25) is 4.99 Å². The summed E-state index contributed by atoms with van der Waals surface area (Å²) in [6, 6.07) is 0.574. The van der Waals surface area contributed by atoms with Crippen molar-refractivity contribution in [1.29, 1.82) is 0 Å². The van der Waals surface area contributed by atoms with Crippen molar-refractivity contribution in [2.75, 3.05) is 13.6 Å². The zero-order valence-corrected chi connectivity index (χ0v) is 5.94. The largest absolute Gasteiger partial charge is 0.356 e. The van der Waals surface area contributed by atoms with E-state index in [0.29, 0.717) is 6.04 Å². The van der Waals surface area contributed by atoms with Crippen molar-refractivity contribution in [3.63, 3.8) is 0 Å². The monoisotopic (exact) mass is 127 g/mol. The van der Waals surface area contributed by atoms with Crippen molar-refractivity contribution in [2.24, 2.45) is 4.99 Å². The van der Waals surface area contributed by atoms with Crippen LogP contribution in [-0.2, 0) is 0 Å². The molecule has 3 nitrogen and oxygen atoms in total. The molecule has 0 spiro atoms. The first-order chi connectivity index (χ1) is 4.33. The SMILES string of the molecule is CN=C1NCCC(C)N1. The maximum absolute atomic E-state index is 3.99. The minimum absolute atomic E-state index is 0.574. The normalized spacial score (nSPS) is 31.3. The summed E-state index contributed by atoms with van der Waals surface area (Å²) in [6.07, 6.45) is 1.18. The molecule has 1 fully saturated rings. The highest BCUT2D eigenvalue weighted by molar-refractivity contribution is 5.80. The van der Waals surface area contributed by atoms with Gasteiger partial charge in [0.25, 0.3) is 0 Å². The van der Waals surface area contributed by atoms with Crippen LogP contribution >= 0.6 is 0 Å². The molecule has 0 aliphatic carbocycles. The van der Waals surface area contributed by atoms with Gasteiger partial charge in [-0.1, -0.05) is 0 Å². The molecule has 0 radical (unpaired) electrons. The summed E-state index contributed by atoms with van der Waals surface area (Å²) in [5, 5.41) is 6.34. The van der Waals surface area contributed by atoms with Crippen molar-refractivity contribution in [3.8, 4) is 0 Å². The summed E-state index contributed by atoms with van der Waals surface area (Å²) in [4.78, 5) is 3.99. The summed E-state index contributed by atoms with van der Waals surface area (Å²) >= 11 is 0. The molecule has 1 saturated heterocycles. The molecule has 0 aromatic carbocycles. The number of hydrogen-bond acceptors (Lipinski definition) is 1. The van der Waals surface area contributed by atoms with Crippen molar-refractivity contribution >= 4 is 5.96 Å². The van der Waals surface area contributed by atoms with Gasteiger partial charge in [0.1, 0.15) is 0 Å². The third-order valence-electron chi connectivity index (χ3n) is 1.48. The standard InChI is InChI=1S/C6H13N3/c1-5-3-4-8-6(7-2)9-5/h5H,3-4H2,1-2H3,(H2,7,8,9). The molecule has 1 rings (SSSR count). The van der Waals surface area contributed by atoms with E-state index in [1.807, 2.05) is 0 Å². The van der Waals surface area contributed by atoms with Crippen LogP contribution in [0.25, 0.3) is 0 Å². The summed E-state index contributed by atoms with van der Waals surface area (Å²) in [5.74, 6) is 0.925. The molecule has 1 unspecified atom stereocenters. The molecule has 1 atom stereocenters. The van der Waals surface area contributed by atoms with Crippen LogP contribution in [0.5, 0.6) is 0 Å². The molecule has 0 bridgehead atoms. The van der Waals surface area contributed by atoms with Crippen molar-refractivity contribution in [3.05, 3.63) is 0 Å². The number of aliphatic imine (C=N–C) groups is 1. The van der Waals surface area contributed by atoms with Gasteiger partial charge in [0.05, 0.1) is 0 Å². The highest BCUT2D eigenvalue weighted by Crippen LogP contribution is 1.92. The minimum Gasteiger partial charge on any atom is -0.356 e. The van der Waals surface area contributed by atoms with Crippen molar-refractivity contribution in [2.45, 2.75) is 19.4 Å². The maximum Gasteiger partial charge on any atom is 0.191 e. The van der Waals surface area contributed by atoms with Gasteiger partial charge in [-0.05, 0) is 13.3 Å². The number of nitrogens with zero attached hydrogens (tertiary/aromatic N) is 1. The van der Waals surface area contributed by atoms with Gasteiger partial charge in [0.2, 0.25) is 0 Å². The Morgan fingerprint density at radius 2 is 2.44 bits per heavy atom. The van der Waals surface area contributed by atoms with Gasteiger partial charge in [0, 0.05) is 19.6 Å². The number of hydrogen-bond donors (Lipinski definition) is 2. The second-order valence-corrected chi connectivity index (χ2v) is 2.33. The highest BCUT2D eigenvalue weighted by atomic mass is 15.2. The smallest absolute Gasteiger partial charge is 0.191 e. The molecule has 0 saturated carbocycles. The van der Waals surface area contributed by atoms with E-state index in [9.17, 15) is 0 Å². The van der Waals surface area contributed by atoms with Gasteiger partial charge in [-0.2, -0.15) is 0 Å². The Bertz CT molecular complexity index is 119. The molecule has 52 valence electrons. The molecule has 3 heteroatoms. The lowest BCUT2D eigenvalue weighted by atomic mass is 10.2. The second-order valence-electron chi connectivity index (χ2n) is 2.33. The van der Waals surface area contributed by atoms with Crippen LogP contribution in [0.4, 0.5) is 0 Å². The van der Waals surface area contributed by atoms with Crippen LogP contribution in [0, 0.1) is 0 Å². The van der Waals surface area contributed by atoms with Crippen LogP contribution in [0.1, 0.15) is 13.3 Å². The lowest BCUT2D eigenvalue weighted by molar-refractivity contribution is 0.543. The van der Waals surface area contributed by atoms with Gasteiger partial charge >= 0.3 is 0 Å². The number of rotatable bonds is 0. The first-order valence-corrected chi connectivity index (χ1v) is 3.30. The average molecular weight is 127 g/mol. The van der Waals surface area contributed by atoms with Gasteiger partial charge in [-0.15, -0.1) is 0 Å². The summed E-state index contributed by atoms with van der Waals surface area (Å²) in [7, 11) is 1.79. The topological polar surface area (TPSA) is 36.4 Å². The van der Waals surface area contributed by atoms with Gasteiger partial charge in [0.15, 0.2) is 5.96 Å². The van der Waals surface area contributed by atoms with Gasteiger partial charge < -0.3 is 10.6 Å². The summed E-state index contributed by atoms with van der Waals surface area (Å²) in [6.45, 7) is 3.20.